The van der Waals surface area contributed by atoms with Crippen molar-refractivity contribution in [3.63, 3.8) is 0 Å². The molecule has 2 fully saturated rings. The van der Waals surface area contributed by atoms with Crippen molar-refractivity contribution < 1.29 is 20.2 Å². The van der Waals surface area contributed by atoms with Crippen LogP contribution in [0.15, 0.2) is 29.7 Å². The van der Waals surface area contributed by atoms with Gasteiger partial charge >= 0.3 is 0 Å². The molecule has 43 heavy (non-hydrogen) atoms. The number of oxime groups is 1. The van der Waals surface area contributed by atoms with Crippen molar-refractivity contribution in [2.75, 3.05) is 17.2 Å². The number of anilines is 2. The number of imidazole rings is 1. The Hall–Kier alpha value is -3.32. The largest absolute Gasteiger partial charge is 0.410 e. The molecule has 1 saturated heterocycles. The number of aliphatic hydroxyl groups is 2. The molecule has 1 saturated carbocycles. The number of aryl methyl sites for hydroxylation is 1. The molecular weight excluding hydrogens is 548 g/mol. The number of fused-ring (bicyclic) bond motifs is 1. The molecule has 234 valence electrons. The molecule has 2 aromatic heterocycles. The normalized spacial score (nSPS) is 26.2. The van der Waals surface area contributed by atoms with E-state index in [1.165, 1.54) is 16.8 Å². The number of ether oxygens (including phenoxy) is 1. The van der Waals surface area contributed by atoms with Gasteiger partial charge in [-0.2, -0.15) is 0 Å². The summed E-state index contributed by atoms with van der Waals surface area (Å²) in [6.45, 7) is 13.1. The zero-order chi connectivity index (χ0) is 31.1. The smallest absolute Gasteiger partial charge is 0.165 e. The number of nitrogens with two attached hydrogens (primary N) is 1. The molecule has 2 aliphatic rings. The Morgan fingerprint density at radius 2 is 1.93 bits per heavy atom. The van der Waals surface area contributed by atoms with E-state index in [9.17, 15) is 15.4 Å². The lowest BCUT2D eigenvalue weighted by Crippen LogP contribution is -2.52. The predicted octanol–water partition coefficient (Wildman–Crippen LogP) is 3.33. The Morgan fingerprint density at radius 3 is 2.60 bits per heavy atom. The molecule has 1 aromatic carbocycles. The zero-order valence-electron chi connectivity index (χ0n) is 26.0. The van der Waals surface area contributed by atoms with Gasteiger partial charge in [-0.25, -0.2) is 15.0 Å². The third-order valence-electron chi connectivity index (χ3n) is 9.05. The van der Waals surface area contributed by atoms with Gasteiger partial charge in [0.1, 0.15) is 48.4 Å². The molecule has 3 heterocycles. The van der Waals surface area contributed by atoms with Crippen molar-refractivity contribution in [1.29, 1.82) is 0 Å². The van der Waals surface area contributed by atoms with Crippen LogP contribution in [0.2, 0.25) is 0 Å². The van der Waals surface area contributed by atoms with Gasteiger partial charge in [0.15, 0.2) is 6.23 Å². The van der Waals surface area contributed by atoms with E-state index in [4.69, 9.17) is 15.5 Å². The highest BCUT2D eigenvalue weighted by Crippen LogP contribution is 2.38. The quantitative estimate of drug-likeness (QED) is 0.102. The lowest BCUT2D eigenvalue weighted by molar-refractivity contribution is -0.0412. The van der Waals surface area contributed by atoms with Crippen molar-refractivity contribution in [2.45, 2.75) is 109 Å². The van der Waals surface area contributed by atoms with Crippen LogP contribution >= 0.6 is 0 Å². The average Bonchev–Trinajstić information content (AvgIpc) is 3.46. The molecule has 0 radical (unpaired) electrons. The Balaban J connectivity index is 1.19. The minimum atomic E-state index is -1.26. The van der Waals surface area contributed by atoms with Gasteiger partial charge in [-0.3, -0.25) is 9.80 Å². The standard InChI is InChI=1S/C31H46N8O4/c1-17(2)38(14-24-26(40)27(41)30(43-24)39(16-35-42)29-18(3)28(32)33-15-34-29)21-11-19(12-21)7-10-25-36-22-9-8-20(31(4,5)6)13-23(22)37-25/h8-9,13,15-17,19,21,24,26-27,30,40-42H,7,10-12,14H2,1-6H3,(H,36,37)(H2,32,33,34)/b35-16+/t19-,21+,24-,26-,27-,30-/m1/s1. The van der Waals surface area contributed by atoms with Gasteiger partial charge in [-0.05, 0) is 69.1 Å². The Kier molecular flexibility index (Phi) is 8.94. The van der Waals surface area contributed by atoms with Gasteiger partial charge in [0.25, 0.3) is 0 Å². The summed E-state index contributed by atoms with van der Waals surface area (Å²) in [4.78, 5) is 20.3. The zero-order valence-corrected chi connectivity index (χ0v) is 26.0. The molecule has 0 amide bonds. The van der Waals surface area contributed by atoms with Crippen molar-refractivity contribution in [3.8, 4) is 0 Å². The summed E-state index contributed by atoms with van der Waals surface area (Å²) in [5.41, 5.74) is 9.97. The van der Waals surface area contributed by atoms with Gasteiger partial charge in [0.2, 0.25) is 0 Å². The fourth-order valence-corrected chi connectivity index (χ4v) is 6.30. The van der Waals surface area contributed by atoms with Crippen LogP contribution in [0.25, 0.3) is 11.0 Å². The summed E-state index contributed by atoms with van der Waals surface area (Å²) in [6.07, 6.45) is 2.41. The number of hydrogen-bond donors (Lipinski definition) is 5. The minimum absolute atomic E-state index is 0.0899. The number of nitrogens with zero attached hydrogens (tertiary/aromatic N) is 6. The van der Waals surface area contributed by atoms with Gasteiger partial charge < -0.3 is 30.9 Å². The second-order valence-corrected chi connectivity index (χ2v) is 13.4. The molecule has 4 atom stereocenters. The lowest BCUT2D eigenvalue weighted by atomic mass is 9.76. The van der Waals surface area contributed by atoms with Crippen molar-refractivity contribution in [1.82, 2.24) is 24.8 Å². The summed E-state index contributed by atoms with van der Waals surface area (Å²) >= 11 is 0. The third kappa shape index (κ3) is 6.47. The number of aromatic nitrogens is 4. The number of H-pyrrole nitrogens is 1. The van der Waals surface area contributed by atoms with E-state index in [2.05, 4.69) is 77.8 Å². The van der Waals surface area contributed by atoms with Crippen LogP contribution in [-0.2, 0) is 16.6 Å². The Labute approximate surface area is 253 Å². The second kappa shape index (κ2) is 12.4. The summed E-state index contributed by atoms with van der Waals surface area (Å²) in [7, 11) is 0. The fraction of sp³-hybridized carbons (Fsp3) is 0.613. The fourth-order valence-electron chi connectivity index (χ4n) is 6.30. The number of hydrogen-bond acceptors (Lipinski definition) is 10. The van der Waals surface area contributed by atoms with E-state index >= 15 is 0 Å². The van der Waals surface area contributed by atoms with Crippen LogP contribution in [0.5, 0.6) is 0 Å². The van der Waals surface area contributed by atoms with Crippen LogP contribution in [0.1, 0.15) is 70.8 Å². The minimum Gasteiger partial charge on any atom is -0.410 e. The van der Waals surface area contributed by atoms with Gasteiger partial charge in [0.05, 0.1) is 11.0 Å². The first-order chi connectivity index (χ1) is 20.4. The number of benzene rings is 1. The summed E-state index contributed by atoms with van der Waals surface area (Å²) in [5, 5.41) is 34.4. The SMILES string of the molecule is Cc1c(N)ncnc1N(/C=N/O)[C@@H]1O[C@H](CN(C(C)C)[C@H]2C[C@@H](CCc3nc4cc(C(C)(C)C)ccc4[nH]3)C2)[C@@H](O)[C@H]1O. The maximum absolute atomic E-state index is 11.0. The molecule has 12 nitrogen and oxygen atoms in total. The molecule has 5 rings (SSSR count). The van der Waals surface area contributed by atoms with Crippen molar-refractivity contribution in [3.05, 3.63) is 41.5 Å². The highest BCUT2D eigenvalue weighted by atomic mass is 16.6. The lowest BCUT2D eigenvalue weighted by Gasteiger charge is -2.46. The molecular formula is C31H46N8O4. The van der Waals surface area contributed by atoms with E-state index in [0.29, 0.717) is 29.9 Å². The Morgan fingerprint density at radius 1 is 1.19 bits per heavy atom. The molecule has 3 aromatic rings. The maximum atomic E-state index is 11.0. The molecule has 1 aliphatic carbocycles. The molecule has 1 aliphatic heterocycles. The molecule has 0 bridgehead atoms. The number of aromatic amines is 1. The predicted molar refractivity (Wildman–Crippen MR) is 166 cm³/mol. The first-order valence-electron chi connectivity index (χ1n) is 15.2. The van der Waals surface area contributed by atoms with Crippen LogP contribution in [-0.4, -0.2) is 89.8 Å². The molecule has 12 heteroatoms. The van der Waals surface area contributed by atoms with Crippen molar-refractivity contribution >= 4 is 29.0 Å². The number of rotatable bonds is 10. The highest BCUT2D eigenvalue weighted by molar-refractivity contribution is 5.80. The van der Waals surface area contributed by atoms with E-state index < -0.39 is 24.5 Å². The van der Waals surface area contributed by atoms with Crippen LogP contribution in [0, 0.1) is 12.8 Å². The third-order valence-corrected chi connectivity index (χ3v) is 9.05. The first-order valence-corrected chi connectivity index (χ1v) is 15.2. The first kappa shape index (κ1) is 31.1. The highest BCUT2D eigenvalue weighted by Gasteiger charge is 2.48. The van der Waals surface area contributed by atoms with E-state index in [1.807, 2.05) is 0 Å². The van der Waals surface area contributed by atoms with Gasteiger partial charge in [0, 0.05) is 30.6 Å². The molecule has 6 N–H and O–H groups in total. The van der Waals surface area contributed by atoms with E-state index in [1.54, 1.807) is 6.92 Å². The molecule has 0 spiro atoms. The van der Waals surface area contributed by atoms with Crippen LogP contribution in [0.3, 0.4) is 0 Å². The van der Waals surface area contributed by atoms with Crippen LogP contribution < -0.4 is 10.6 Å². The number of aliphatic hydroxyl groups excluding tert-OH is 2. The van der Waals surface area contributed by atoms with Crippen molar-refractivity contribution in [2.24, 2.45) is 11.1 Å². The van der Waals surface area contributed by atoms with E-state index in [-0.39, 0.29) is 17.3 Å². The van der Waals surface area contributed by atoms with Crippen LogP contribution in [0.4, 0.5) is 11.6 Å². The van der Waals surface area contributed by atoms with Gasteiger partial charge in [-0.15, -0.1) is 0 Å². The summed E-state index contributed by atoms with van der Waals surface area (Å²) < 4.78 is 6.21. The maximum Gasteiger partial charge on any atom is 0.165 e. The summed E-state index contributed by atoms with van der Waals surface area (Å²) in [5.74, 6) is 2.21. The number of nitrogen functional groups attached to an aromatic ring is 1. The second-order valence-electron chi connectivity index (χ2n) is 13.4. The monoisotopic (exact) mass is 594 g/mol. The van der Waals surface area contributed by atoms with Gasteiger partial charge in [-0.1, -0.05) is 32.0 Å². The summed E-state index contributed by atoms with van der Waals surface area (Å²) in [6, 6.07) is 7.09. The number of nitrogens with one attached hydrogen (secondary N) is 1. The van der Waals surface area contributed by atoms with E-state index in [0.717, 1.165) is 48.9 Å². The average molecular weight is 595 g/mol. The molecule has 0 unspecified atom stereocenters. The topological polar surface area (TPSA) is 169 Å². The Bertz CT molecular complexity index is 1430.